The first kappa shape index (κ1) is 21.2. The van der Waals surface area contributed by atoms with E-state index in [1.54, 1.807) is 12.3 Å². The highest BCUT2D eigenvalue weighted by Gasteiger charge is 2.16. The van der Waals surface area contributed by atoms with Gasteiger partial charge in [-0.3, -0.25) is 9.59 Å². The number of hydrogen-bond acceptors (Lipinski definition) is 2. The van der Waals surface area contributed by atoms with Gasteiger partial charge in [0.1, 0.15) is 17.2 Å². The zero-order valence-corrected chi connectivity index (χ0v) is 17.3. The molecular formula is C26H20F2N2O2. The number of halogens is 2. The smallest absolute Gasteiger partial charge is 0.263 e. The molecule has 1 heterocycles. The zero-order valence-electron chi connectivity index (χ0n) is 17.3. The lowest BCUT2D eigenvalue weighted by molar-refractivity contribution is 0.102. The lowest BCUT2D eigenvalue weighted by Crippen LogP contribution is -2.29. The summed E-state index contributed by atoms with van der Waals surface area (Å²) in [5, 5.41) is 2.70. The van der Waals surface area contributed by atoms with Crippen molar-refractivity contribution in [2.24, 2.45) is 0 Å². The molecule has 4 aromatic rings. The minimum absolute atomic E-state index is 0.0328. The highest BCUT2D eigenvalue weighted by Crippen LogP contribution is 2.29. The van der Waals surface area contributed by atoms with E-state index in [9.17, 15) is 18.4 Å². The van der Waals surface area contributed by atoms with E-state index in [0.717, 1.165) is 11.1 Å². The van der Waals surface area contributed by atoms with Crippen molar-refractivity contribution < 1.29 is 13.6 Å². The van der Waals surface area contributed by atoms with E-state index in [-0.39, 0.29) is 5.56 Å². The van der Waals surface area contributed by atoms with E-state index in [2.05, 4.69) is 5.32 Å². The molecule has 0 saturated carbocycles. The summed E-state index contributed by atoms with van der Waals surface area (Å²) in [4.78, 5) is 25.9. The molecule has 0 aliphatic carbocycles. The first-order valence-electron chi connectivity index (χ1n) is 10.0. The van der Waals surface area contributed by atoms with Crippen LogP contribution in [0.3, 0.4) is 0 Å². The largest absolute Gasteiger partial charge is 0.321 e. The van der Waals surface area contributed by atoms with Gasteiger partial charge < -0.3 is 9.88 Å². The Kier molecular flexibility index (Phi) is 5.94. The number of amides is 1. The molecule has 0 aliphatic rings. The first-order chi connectivity index (χ1) is 15.4. The molecule has 0 aliphatic heterocycles. The second kappa shape index (κ2) is 8.98. The third-order valence-electron chi connectivity index (χ3n) is 5.09. The van der Waals surface area contributed by atoms with Gasteiger partial charge in [0, 0.05) is 17.4 Å². The third kappa shape index (κ3) is 4.64. The number of aryl methyl sites for hydroxylation is 1. The Balaban J connectivity index is 1.64. The van der Waals surface area contributed by atoms with E-state index in [1.807, 2.05) is 31.2 Å². The first-order valence-corrected chi connectivity index (χ1v) is 10.0. The minimum atomic E-state index is -0.608. The average molecular weight is 430 g/mol. The molecule has 3 aromatic carbocycles. The van der Waals surface area contributed by atoms with Crippen LogP contribution in [0.15, 0.2) is 89.9 Å². The number of carbonyl (C=O) groups excluding carboxylic acids is 1. The van der Waals surface area contributed by atoms with Gasteiger partial charge in [-0.25, -0.2) is 8.78 Å². The summed E-state index contributed by atoms with van der Waals surface area (Å²) in [6.07, 6.45) is 1.63. The molecule has 1 aromatic heterocycles. The van der Waals surface area contributed by atoms with Gasteiger partial charge in [-0.05, 0) is 60.5 Å². The van der Waals surface area contributed by atoms with Gasteiger partial charge in [0.25, 0.3) is 11.5 Å². The molecule has 0 fully saturated rings. The van der Waals surface area contributed by atoms with Crippen molar-refractivity contribution >= 4 is 11.6 Å². The van der Waals surface area contributed by atoms with E-state index in [0.29, 0.717) is 23.4 Å². The molecule has 32 heavy (non-hydrogen) atoms. The number of nitrogens with zero attached hydrogens (tertiary/aromatic N) is 1. The summed E-state index contributed by atoms with van der Waals surface area (Å²) in [5.41, 5.74) is 2.79. The summed E-state index contributed by atoms with van der Waals surface area (Å²) in [6.45, 7) is 2.30. The molecule has 4 rings (SSSR count). The van der Waals surface area contributed by atoms with Crippen LogP contribution in [-0.4, -0.2) is 10.5 Å². The minimum Gasteiger partial charge on any atom is -0.321 e. The van der Waals surface area contributed by atoms with Gasteiger partial charge >= 0.3 is 0 Å². The van der Waals surface area contributed by atoms with Gasteiger partial charge in [-0.15, -0.1) is 0 Å². The fraction of sp³-hybridized carbons (Fsp3) is 0.0769. The maximum atomic E-state index is 13.9. The van der Waals surface area contributed by atoms with Gasteiger partial charge in [-0.1, -0.05) is 42.0 Å². The van der Waals surface area contributed by atoms with Crippen molar-refractivity contribution in [1.29, 1.82) is 0 Å². The Morgan fingerprint density at radius 2 is 1.66 bits per heavy atom. The monoisotopic (exact) mass is 430 g/mol. The van der Waals surface area contributed by atoms with Crippen molar-refractivity contribution in [1.82, 2.24) is 4.57 Å². The molecule has 160 valence electrons. The highest BCUT2D eigenvalue weighted by atomic mass is 19.1. The van der Waals surface area contributed by atoms with Gasteiger partial charge in [-0.2, -0.15) is 0 Å². The number of benzene rings is 3. The van der Waals surface area contributed by atoms with Crippen molar-refractivity contribution in [2.75, 3.05) is 5.32 Å². The van der Waals surface area contributed by atoms with Crippen LogP contribution < -0.4 is 10.9 Å². The highest BCUT2D eigenvalue weighted by molar-refractivity contribution is 6.06. The van der Waals surface area contributed by atoms with Crippen LogP contribution in [0.5, 0.6) is 0 Å². The fourth-order valence-electron chi connectivity index (χ4n) is 3.52. The summed E-state index contributed by atoms with van der Waals surface area (Å²) >= 11 is 0. The fourth-order valence-corrected chi connectivity index (χ4v) is 3.52. The van der Waals surface area contributed by atoms with E-state index < -0.39 is 23.1 Å². The van der Waals surface area contributed by atoms with Gasteiger partial charge in [0.05, 0.1) is 6.54 Å². The summed E-state index contributed by atoms with van der Waals surface area (Å²) < 4.78 is 28.6. The number of hydrogen-bond donors (Lipinski definition) is 1. The Labute approximate surface area is 183 Å². The summed E-state index contributed by atoms with van der Waals surface area (Å²) in [6, 6.07) is 20.3. The molecule has 0 spiro atoms. The maximum absolute atomic E-state index is 13.9. The number of anilines is 1. The normalized spacial score (nSPS) is 10.7. The second-order valence-electron chi connectivity index (χ2n) is 7.49. The number of nitrogens with one attached hydrogen (secondary N) is 1. The maximum Gasteiger partial charge on any atom is 0.263 e. The SMILES string of the molecule is Cc1cccc(Cn2cccc(C(=O)Nc3ccc(F)cc3-c3ccc(F)cc3)c2=O)c1. The molecule has 0 atom stereocenters. The number of carbonyl (C=O) groups is 1. The van der Waals surface area contributed by atoms with Crippen molar-refractivity contribution in [3.8, 4) is 11.1 Å². The van der Waals surface area contributed by atoms with Crippen LogP contribution in [0.2, 0.25) is 0 Å². The second-order valence-corrected chi connectivity index (χ2v) is 7.49. The van der Waals surface area contributed by atoms with Crippen LogP contribution in [0.25, 0.3) is 11.1 Å². The van der Waals surface area contributed by atoms with Crippen molar-refractivity contribution in [3.63, 3.8) is 0 Å². The van der Waals surface area contributed by atoms with Gasteiger partial charge in [0.2, 0.25) is 0 Å². The van der Waals surface area contributed by atoms with Crippen molar-refractivity contribution in [3.05, 3.63) is 124 Å². The number of pyridine rings is 1. The van der Waals surface area contributed by atoms with E-state index >= 15 is 0 Å². The van der Waals surface area contributed by atoms with E-state index in [4.69, 9.17) is 0 Å². The predicted molar refractivity (Wildman–Crippen MR) is 121 cm³/mol. The Bertz CT molecular complexity index is 1340. The van der Waals surface area contributed by atoms with Crippen LogP contribution >= 0.6 is 0 Å². The number of rotatable bonds is 5. The van der Waals surface area contributed by atoms with Crippen LogP contribution in [0, 0.1) is 18.6 Å². The quantitative estimate of drug-likeness (QED) is 0.461. The molecule has 0 radical (unpaired) electrons. The summed E-state index contributed by atoms with van der Waals surface area (Å²) in [5.74, 6) is -1.53. The molecule has 0 saturated heterocycles. The molecule has 1 N–H and O–H groups in total. The molecule has 0 unspecified atom stereocenters. The topological polar surface area (TPSA) is 51.1 Å². The lowest BCUT2D eigenvalue weighted by Gasteiger charge is -2.13. The Morgan fingerprint density at radius 3 is 2.41 bits per heavy atom. The molecular weight excluding hydrogens is 410 g/mol. The Hall–Kier alpha value is -4.06. The summed E-state index contributed by atoms with van der Waals surface area (Å²) in [7, 11) is 0. The van der Waals surface area contributed by atoms with E-state index in [1.165, 1.54) is 53.1 Å². The zero-order chi connectivity index (χ0) is 22.7. The molecule has 6 heteroatoms. The molecule has 0 bridgehead atoms. The van der Waals surface area contributed by atoms with Crippen LogP contribution in [0.1, 0.15) is 21.5 Å². The predicted octanol–water partition coefficient (Wildman–Crippen LogP) is 5.40. The van der Waals surface area contributed by atoms with Gasteiger partial charge in [0.15, 0.2) is 0 Å². The average Bonchev–Trinajstić information content (AvgIpc) is 2.77. The number of aromatic nitrogens is 1. The lowest BCUT2D eigenvalue weighted by atomic mass is 10.0. The standard InChI is InChI=1S/C26H20F2N2O2/c1-17-4-2-5-18(14-17)16-30-13-3-6-22(26(30)32)25(31)29-24-12-11-21(28)15-23(24)19-7-9-20(27)10-8-19/h2-15H,16H2,1H3,(H,29,31). The molecule has 4 nitrogen and oxygen atoms in total. The van der Waals surface area contributed by atoms with Crippen molar-refractivity contribution in [2.45, 2.75) is 13.5 Å². The third-order valence-corrected chi connectivity index (χ3v) is 5.09. The van der Waals surface area contributed by atoms with Crippen LogP contribution in [0.4, 0.5) is 14.5 Å². The van der Waals surface area contributed by atoms with Crippen LogP contribution in [-0.2, 0) is 6.54 Å². The molecule has 1 amide bonds. The Morgan fingerprint density at radius 1 is 0.906 bits per heavy atom.